The lowest BCUT2D eigenvalue weighted by atomic mass is 9.97. The van der Waals surface area contributed by atoms with Crippen LogP contribution < -0.4 is 5.73 Å². The van der Waals surface area contributed by atoms with Crippen molar-refractivity contribution in [3.63, 3.8) is 0 Å². The molecule has 0 fully saturated rings. The molecule has 0 spiro atoms. The van der Waals surface area contributed by atoms with Crippen molar-refractivity contribution in [1.29, 1.82) is 0 Å². The van der Waals surface area contributed by atoms with Crippen molar-refractivity contribution in [2.24, 2.45) is 5.73 Å². The number of pyridine rings is 1. The summed E-state index contributed by atoms with van der Waals surface area (Å²) in [5.74, 6) is 0.0576. The van der Waals surface area contributed by atoms with E-state index in [9.17, 15) is 4.79 Å². The summed E-state index contributed by atoms with van der Waals surface area (Å²) in [5, 5.41) is 0.643. The Morgan fingerprint density at radius 1 is 1.12 bits per heavy atom. The van der Waals surface area contributed by atoms with Crippen LogP contribution in [0.4, 0.5) is 0 Å². The second-order valence-electron chi connectivity index (χ2n) is 6.01. The quantitative estimate of drug-likeness (QED) is 0.684. The maximum Gasteiger partial charge on any atom is 0.167 e. The number of carbonyl (C=O) groups excluding carboxylic acids is 1. The van der Waals surface area contributed by atoms with E-state index in [2.05, 4.69) is 4.98 Å². The molecular formula is C21H19ClN2O. The lowest BCUT2D eigenvalue weighted by molar-refractivity contribution is 0.0993. The number of benzene rings is 2. The van der Waals surface area contributed by atoms with Crippen LogP contribution in [0.15, 0.2) is 60.8 Å². The van der Waals surface area contributed by atoms with Crippen LogP contribution in [-0.4, -0.2) is 10.8 Å². The Morgan fingerprint density at radius 2 is 1.96 bits per heavy atom. The van der Waals surface area contributed by atoms with Crippen LogP contribution in [0.3, 0.4) is 0 Å². The highest BCUT2D eigenvalue weighted by Gasteiger charge is 2.11. The Labute approximate surface area is 152 Å². The number of halogens is 1. The van der Waals surface area contributed by atoms with Crippen LogP contribution in [0.5, 0.6) is 0 Å². The zero-order valence-corrected chi connectivity index (χ0v) is 14.8. The minimum absolute atomic E-state index is 0.0576. The SMILES string of the molecule is Cc1ccc(Cl)cc1CC(=O)c1cccc(-c2cc(CN)ccn2)c1. The average Bonchev–Trinajstić information content (AvgIpc) is 2.65. The molecule has 3 rings (SSSR count). The van der Waals surface area contributed by atoms with Crippen molar-refractivity contribution in [2.45, 2.75) is 19.9 Å². The molecule has 0 amide bonds. The molecular weight excluding hydrogens is 332 g/mol. The molecule has 0 radical (unpaired) electrons. The van der Waals surface area contributed by atoms with Crippen LogP contribution in [0, 0.1) is 6.92 Å². The van der Waals surface area contributed by atoms with E-state index in [1.807, 2.05) is 61.5 Å². The molecule has 1 aromatic heterocycles. The van der Waals surface area contributed by atoms with Gasteiger partial charge in [0.2, 0.25) is 0 Å². The number of hydrogen-bond donors (Lipinski definition) is 1. The summed E-state index contributed by atoms with van der Waals surface area (Å²) < 4.78 is 0. The number of nitrogens with two attached hydrogens (primary N) is 1. The third-order valence-corrected chi connectivity index (χ3v) is 4.44. The van der Waals surface area contributed by atoms with Crippen LogP contribution in [-0.2, 0) is 13.0 Å². The predicted molar refractivity (Wildman–Crippen MR) is 102 cm³/mol. The number of rotatable bonds is 5. The molecule has 0 saturated heterocycles. The first-order valence-corrected chi connectivity index (χ1v) is 8.48. The predicted octanol–water partition coefficient (Wildman–Crippen LogP) is 4.59. The second-order valence-corrected chi connectivity index (χ2v) is 6.44. The monoisotopic (exact) mass is 350 g/mol. The number of ketones is 1. The number of nitrogens with zero attached hydrogens (tertiary/aromatic N) is 1. The number of aromatic nitrogens is 1. The molecule has 126 valence electrons. The van der Waals surface area contributed by atoms with E-state index in [0.29, 0.717) is 23.6 Å². The Morgan fingerprint density at radius 3 is 2.76 bits per heavy atom. The minimum Gasteiger partial charge on any atom is -0.326 e. The molecule has 2 aromatic carbocycles. The van der Waals surface area contributed by atoms with Crippen molar-refractivity contribution in [2.75, 3.05) is 0 Å². The molecule has 0 aliphatic carbocycles. The fourth-order valence-corrected chi connectivity index (χ4v) is 2.91. The first-order chi connectivity index (χ1) is 12.1. The van der Waals surface area contributed by atoms with E-state index in [-0.39, 0.29) is 5.78 Å². The maximum atomic E-state index is 12.7. The third-order valence-electron chi connectivity index (χ3n) is 4.20. The number of Topliss-reactive ketones (excluding diaryl/α,β-unsaturated/α-hetero) is 1. The van der Waals surface area contributed by atoms with Gasteiger partial charge in [-0.25, -0.2) is 0 Å². The largest absolute Gasteiger partial charge is 0.326 e. The number of carbonyl (C=O) groups is 1. The first-order valence-electron chi connectivity index (χ1n) is 8.10. The van der Waals surface area contributed by atoms with Gasteiger partial charge in [-0.3, -0.25) is 9.78 Å². The Hall–Kier alpha value is -2.49. The molecule has 0 saturated carbocycles. The van der Waals surface area contributed by atoms with Crippen LogP contribution in [0.25, 0.3) is 11.3 Å². The zero-order chi connectivity index (χ0) is 17.8. The molecule has 0 bridgehead atoms. The Bertz CT molecular complexity index is 921. The van der Waals surface area contributed by atoms with Crippen molar-refractivity contribution in [1.82, 2.24) is 4.98 Å². The van der Waals surface area contributed by atoms with Gasteiger partial charge in [-0.2, -0.15) is 0 Å². The van der Waals surface area contributed by atoms with Crippen molar-refractivity contribution in [3.8, 4) is 11.3 Å². The lowest BCUT2D eigenvalue weighted by Crippen LogP contribution is -2.05. The van der Waals surface area contributed by atoms with E-state index in [1.54, 1.807) is 6.20 Å². The molecule has 3 nitrogen and oxygen atoms in total. The fraction of sp³-hybridized carbons (Fsp3) is 0.143. The average molecular weight is 351 g/mol. The first kappa shape index (κ1) is 17.3. The smallest absolute Gasteiger partial charge is 0.167 e. The summed E-state index contributed by atoms with van der Waals surface area (Å²) >= 11 is 6.05. The molecule has 1 heterocycles. The van der Waals surface area contributed by atoms with Crippen LogP contribution in [0.1, 0.15) is 27.0 Å². The highest BCUT2D eigenvalue weighted by Crippen LogP contribution is 2.22. The normalized spacial score (nSPS) is 10.7. The van der Waals surface area contributed by atoms with Gasteiger partial charge in [0.25, 0.3) is 0 Å². The summed E-state index contributed by atoms with van der Waals surface area (Å²) in [6.07, 6.45) is 2.06. The van der Waals surface area contributed by atoms with Crippen molar-refractivity contribution in [3.05, 3.63) is 88.1 Å². The second kappa shape index (κ2) is 7.60. The van der Waals surface area contributed by atoms with E-state index in [0.717, 1.165) is 27.9 Å². The van der Waals surface area contributed by atoms with Gasteiger partial charge in [-0.05, 0) is 53.9 Å². The standard InChI is InChI=1S/C21H19ClN2O/c1-14-5-6-19(22)11-18(14)12-21(25)17-4-2-3-16(10-17)20-9-15(13-23)7-8-24-20/h2-11H,12-13,23H2,1H3. The van der Waals surface area contributed by atoms with Gasteiger partial charge < -0.3 is 5.73 Å². The summed E-state index contributed by atoms with van der Waals surface area (Å²) in [6.45, 7) is 2.44. The van der Waals surface area contributed by atoms with E-state index in [4.69, 9.17) is 17.3 Å². The molecule has 25 heavy (non-hydrogen) atoms. The summed E-state index contributed by atoms with van der Waals surface area (Å²) in [4.78, 5) is 17.1. The maximum absolute atomic E-state index is 12.7. The van der Waals surface area contributed by atoms with Gasteiger partial charge in [0.15, 0.2) is 5.78 Å². The van der Waals surface area contributed by atoms with Crippen LogP contribution >= 0.6 is 11.6 Å². The third kappa shape index (κ3) is 4.13. The van der Waals surface area contributed by atoms with Gasteiger partial charge in [-0.1, -0.05) is 35.9 Å². The van der Waals surface area contributed by atoms with E-state index in [1.165, 1.54) is 0 Å². The minimum atomic E-state index is 0.0576. The summed E-state index contributed by atoms with van der Waals surface area (Å²) in [6, 6.07) is 17.0. The van der Waals surface area contributed by atoms with Crippen LogP contribution in [0.2, 0.25) is 5.02 Å². The fourth-order valence-electron chi connectivity index (χ4n) is 2.72. The van der Waals surface area contributed by atoms with Gasteiger partial charge in [0.1, 0.15) is 0 Å². The molecule has 0 aliphatic rings. The van der Waals surface area contributed by atoms with E-state index < -0.39 is 0 Å². The molecule has 0 unspecified atom stereocenters. The highest BCUT2D eigenvalue weighted by molar-refractivity contribution is 6.30. The molecule has 2 N–H and O–H groups in total. The topological polar surface area (TPSA) is 56.0 Å². The van der Waals surface area contributed by atoms with Gasteiger partial charge in [0, 0.05) is 35.3 Å². The Kier molecular flexibility index (Phi) is 5.27. The molecule has 3 aromatic rings. The van der Waals surface area contributed by atoms with Crippen molar-refractivity contribution < 1.29 is 4.79 Å². The van der Waals surface area contributed by atoms with Gasteiger partial charge >= 0.3 is 0 Å². The Balaban J connectivity index is 1.88. The molecule has 4 heteroatoms. The highest BCUT2D eigenvalue weighted by atomic mass is 35.5. The summed E-state index contributed by atoms with van der Waals surface area (Å²) in [7, 11) is 0. The molecule has 0 aliphatic heterocycles. The van der Waals surface area contributed by atoms with Gasteiger partial charge in [-0.15, -0.1) is 0 Å². The van der Waals surface area contributed by atoms with Gasteiger partial charge in [0.05, 0.1) is 5.69 Å². The van der Waals surface area contributed by atoms with Crippen molar-refractivity contribution >= 4 is 17.4 Å². The van der Waals surface area contributed by atoms with E-state index >= 15 is 0 Å². The zero-order valence-electron chi connectivity index (χ0n) is 14.0. The lowest BCUT2D eigenvalue weighted by Gasteiger charge is -2.08. The summed E-state index contributed by atoms with van der Waals surface area (Å²) in [5.41, 5.74) is 11.1. The number of hydrogen-bond acceptors (Lipinski definition) is 3. The molecule has 0 atom stereocenters. The number of aryl methyl sites for hydroxylation is 1.